The van der Waals surface area contributed by atoms with Gasteiger partial charge in [-0.2, -0.15) is 0 Å². The zero-order valence-corrected chi connectivity index (χ0v) is 42.8. The fraction of sp³-hybridized carbons (Fsp3) is 0.480. The number of halogens is 2. The van der Waals surface area contributed by atoms with Crippen LogP contribution in [0, 0.1) is 13.8 Å². The number of quaternary nitrogens is 1. The fourth-order valence-corrected chi connectivity index (χ4v) is 9.50. The van der Waals surface area contributed by atoms with E-state index in [9.17, 15) is 36.9 Å². The summed E-state index contributed by atoms with van der Waals surface area (Å²) in [6.45, 7) is 1.86. The molecule has 3 N–H and O–H groups in total. The summed E-state index contributed by atoms with van der Waals surface area (Å²) in [5.41, 5.74) is 5.68. The van der Waals surface area contributed by atoms with Crippen LogP contribution in [0.2, 0.25) is 0 Å². The van der Waals surface area contributed by atoms with Gasteiger partial charge in [-0.15, -0.1) is 5.06 Å². The summed E-state index contributed by atoms with van der Waals surface area (Å²) in [6, 6.07) is 10.9. The van der Waals surface area contributed by atoms with Gasteiger partial charge in [-0.3, -0.25) is 19.2 Å². The standard InChI is InChI=1S/C50H67BF2N8O10S/c1-35-31-39(58-43(35)33-44-38(13-10-29-61(4,5)6)32-45(59(44)51(58,52)53)41-23-16-36(2)55-41)20-17-37-18-21-40(22-19-37)70-30-11-14-46(62)56-42(34-72(67,68)69)50(66)54-26-12-28-57(3)27-9-7-8-15-49(65)71-60-47(63)24-25-48(60)64/h16-23,31-33,42,55H,7-15,24-30,34H2,1-6H3,(H2-,54,56,62,66,67,68,69)/b20-17+. The van der Waals surface area contributed by atoms with E-state index in [-0.39, 0.29) is 45.3 Å². The molecule has 3 aliphatic rings. The van der Waals surface area contributed by atoms with Crippen molar-refractivity contribution in [2.24, 2.45) is 0 Å². The first-order valence-electron chi connectivity index (χ1n) is 24.5. The Morgan fingerprint density at radius 1 is 0.944 bits per heavy atom. The molecule has 0 radical (unpaired) electrons. The van der Waals surface area contributed by atoms with Crippen LogP contribution in [0.3, 0.4) is 0 Å². The smallest absolute Gasteiger partial charge is 0.737 e. The predicted molar refractivity (Wildman–Crippen MR) is 268 cm³/mol. The van der Waals surface area contributed by atoms with E-state index in [4.69, 9.17) is 9.57 Å². The summed E-state index contributed by atoms with van der Waals surface area (Å²) in [7, 11) is 3.36. The number of imide groups is 1. The lowest BCUT2D eigenvalue weighted by Gasteiger charge is -2.31. The van der Waals surface area contributed by atoms with Crippen LogP contribution < -0.4 is 15.4 Å². The first-order valence-corrected chi connectivity index (χ1v) is 26.0. The van der Waals surface area contributed by atoms with Gasteiger partial charge in [-0.05, 0) is 114 Å². The number of amides is 4. The number of unbranched alkanes of at least 4 members (excludes halogenated alkanes) is 2. The summed E-state index contributed by atoms with van der Waals surface area (Å²) in [6.07, 6.45) is 11.4. The molecule has 1 unspecified atom stereocenters. The number of nitrogens with zero attached hydrogens (tertiary/aromatic N) is 5. The number of benzene rings is 1. The summed E-state index contributed by atoms with van der Waals surface area (Å²) >= 11 is 0. The first kappa shape index (κ1) is 55.1. The lowest BCUT2D eigenvalue weighted by atomic mass is 9.88. The lowest BCUT2D eigenvalue weighted by molar-refractivity contribution is -0.870. The fourth-order valence-electron chi connectivity index (χ4n) is 8.85. The monoisotopic (exact) mass is 1020 g/mol. The van der Waals surface area contributed by atoms with Crippen molar-refractivity contribution < 1.29 is 64.1 Å². The molecule has 22 heteroatoms. The number of aromatic nitrogens is 2. The molecule has 6 rings (SSSR count). The third-order valence-electron chi connectivity index (χ3n) is 12.5. The van der Waals surface area contributed by atoms with E-state index in [2.05, 4.69) is 36.8 Å². The van der Waals surface area contributed by atoms with Gasteiger partial charge in [-0.25, -0.2) is 13.2 Å². The molecule has 2 aromatic heterocycles. The summed E-state index contributed by atoms with van der Waals surface area (Å²) < 4.78 is 77.9. The van der Waals surface area contributed by atoms with Crippen LogP contribution in [0.25, 0.3) is 18.2 Å². The van der Waals surface area contributed by atoms with Gasteiger partial charge in [0.1, 0.15) is 17.5 Å². The number of rotatable bonds is 27. The number of aryl methyl sites for hydroxylation is 2. The van der Waals surface area contributed by atoms with Gasteiger partial charge < -0.3 is 56.7 Å². The number of carbonyl (C=O) groups is 5. The minimum Gasteiger partial charge on any atom is -0.748 e. The highest BCUT2D eigenvalue weighted by atomic mass is 32.2. The lowest BCUT2D eigenvalue weighted by Crippen LogP contribution is -2.51. The van der Waals surface area contributed by atoms with Crippen LogP contribution in [0.1, 0.15) is 105 Å². The Bertz CT molecular complexity index is 2730. The van der Waals surface area contributed by atoms with Crippen LogP contribution in [0.15, 0.2) is 59.8 Å². The molecular weight excluding hydrogens is 953 g/mol. The molecule has 0 bridgehead atoms. The average Bonchev–Trinajstić information content (AvgIpc) is 4.07. The number of aromatic amines is 1. The number of hydroxylamine groups is 2. The van der Waals surface area contributed by atoms with Crippen LogP contribution >= 0.6 is 0 Å². The highest BCUT2D eigenvalue weighted by Crippen LogP contribution is 2.40. The van der Waals surface area contributed by atoms with Crippen LogP contribution in [0.5, 0.6) is 5.75 Å². The van der Waals surface area contributed by atoms with Crippen molar-refractivity contribution in [3.8, 4) is 5.75 Å². The molecule has 390 valence electrons. The van der Waals surface area contributed by atoms with E-state index in [0.29, 0.717) is 78.1 Å². The Kier molecular flexibility index (Phi) is 18.4. The van der Waals surface area contributed by atoms with E-state index >= 15 is 8.63 Å². The van der Waals surface area contributed by atoms with Gasteiger partial charge in [0.2, 0.25) is 11.8 Å². The van der Waals surface area contributed by atoms with Crippen LogP contribution in [-0.2, 0) is 38.9 Å². The molecule has 1 atom stereocenters. The van der Waals surface area contributed by atoms with Crippen molar-refractivity contribution in [3.05, 3.63) is 93.7 Å². The number of hydrogen-bond acceptors (Lipinski definition) is 11. The third kappa shape index (κ3) is 15.2. The molecule has 72 heavy (non-hydrogen) atoms. The minimum atomic E-state index is -4.87. The Morgan fingerprint density at radius 2 is 1.65 bits per heavy atom. The summed E-state index contributed by atoms with van der Waals surface area (Å²) in [5, 5.41) is 5.47. The number of allylic oxidation sites excluding steroid dienone is 2. The highest BCUT2D eigenvalue weighted by Gasteiger charge is 2.54. The highest BCUT2D eigenvalue weighted by molar-refractivity contribution is 7.85. The van der Waals surface area contributed by atoms with E-state index in [0.717, 1.165) is 50.7 Å². The topological polar surface area (TPSA) is 215 Å². The second kappa shape index (κ2) is 24.0. The van der Waals surface area contributed by atoms with Gasteiger partial charge in [0.25, 0.3) is 11.8 Å². The molecular formula is C50H67BF2N8O10S. The van der Waals surface area contributed by atoms with Gasteiger partial charge in [0, 0.05) is 73.5 Å². The van der Waals surface area contributed by atoms with Crippen molar-refractivity contribution in [1.29, 1.82) is 0 Å². The van der Waals surface area contributed by atoms with Crippen molar-refractivity contribution in [2.45, 2.75) is 90.5 Å². The number of carbonyl (C=O) groups excluding carboxylic acids is 5. The maximum absolute atomic E-state index is 17.1. The van der Waals surface area contributed by atoms with E-state index in [1.54, 1.807) is 42.5 Å². The van der Waals surface area contributed by atoms with Crippen molar-refractivity contribution in [3.63, 3.8) is 0 Å². The largest absolute Gasteiger partial charge is 0.748 e. The normalized spacial score (nSPS) is 16.0. The van der Waals surface area contributed by atoms with E-state index in [1.807, 2.05) is 50.1 Å². The molecule has 5 heterocycles. The Balaban J connectivity index is 0.939. The van der Waals surface area contributed by atoms with Gasteiger partial charge >= 0.3 is 12.9 Å². The zero-order valence-electron chi connectivity index (χ0n) is 42.0. The van der Waals surface area contributed by atoms with Gasteiger partial charge in [0.05, 0.1) is 50.2 Å². The second-order valence-electron chi connectivity index (χ2n) is 19.7. The number of ether oxygens (including phenoxy) is 1. The molecule has 3 aliphatic heterocycles. The number of H-pyrrole nitrogens is 1. The van der Waals surface area contributed by atoms with Crippen LogP contribution in [0.4, 0.5) is 8.63 Å². The molecule has 1 fully saturated rings. The molecule has 4 amide bonds. The van der Waals surface area contributed by atoms with E-state index in [1.165, 1.54) is 4.49 Å². The Morgan fingerprint density at radius 3 is 2.32 bits per heavy atom. The van der Waals surface area contributed by atoms with Crippen molar-refractivity contribution >= 4 is 70.6 Å². The molecule has 0 aliphatic carbocycles. The molecule has 0 saturated carbocycles. The predicted octanol–water partition coefficient (Wildman–Crippen LogP) is 4.90. The maximum Gasteiger partial charge on any atom is 0.737 e. The second-order valence-corrected chi connectivity index (χ2v) is 21.2. The van der Waals surface area contributed by atoms with Crippen molar-refractivity contribution in [1.82, 2.24) is 30.1 Å². The molecule has 1 aromatic carbocycles. The maximum atomic E-state index is 17.1. The SMILES string of the molecule is Cc1ccc(C2=[N+]3C(=Cc4c(C)cc(/C=C/c5ccc(OCCCC(=O)NC(CS(=O)(=O)[O-])C(=O)NCCCN(C)CCCCCC(=O)ON6C(=O)CCC6=O)cc5)n4[B-]3(F)F)C(CCC[N+](C)(C)C)=C2)[nH]1. The van der Waals surface area contributed by atoms with Crippen LogP contribution in [-0.4, -0.2) is 156 Å². The first-order chi connectivity index (χ1) is 34.0. The number of fused-ring (bicyclic) bond motifs is 2. The molecule has 18 nitrogen and oxygen atoms in total. The quantitative estimate of drug-likeness (QED) is 0.0307. The third-order valence-corrected chi connectivity index (χ3v) is 13.3. The van der Waals surface area contributed by atoms with E-state index < -0.39 is 58.5 Å². The van der Waals surface area contributed by atoms with Gasteiger partial charge in [-0.1, -0.05) is 24.6 Å². The Labute approximate surface area is 420 Å². The van der Waals surface area contributed by atoms with Gasteiger partial charge in [0.15, 0.2) is 11.4 Å². The number of hydrogen-bond donors (Lipinski definition) is 3. The Hall–Kier alpha value is -6.23. The van der Waals surface area contributed by atoms with Crippen molar-refractivity contribution in [2.75, 3.05) is 66.7 Å². The minimum absolute atomic E-state index is 0.0300. The molecule has 1 saturated heterocycles. The molecule has 3 aromatic rings. The average molecular weight is 1020 g/mol. The summed E-state index contributed by atoms with van der Waals surface area (Å²) in [5.74, 6) is -3.76. The number of nitrogens with one attached hydrogen (secondary N) is 3. The zero-order chi connectivity index (χ0) is 52.4. The summed E-state index contributed by atoms with van der Waals surface area (Å²) in [4.78, 5) is 70.9. The molecule has 0 spiro atoms.